The third-order valence-electron chi connectivity index (χ3n) is 8.28. The standard InChI is InChI=1S/C36H38F4N4O4/c1-34(2,37)20-29(32(46)43-28(21-41)19-23-7-5-4-6-8-23)44-31(36(38,39)40)26-11-9-24(10-12-26)25-13-15-27(16-14-25)35(17-18-35)33(47)42-22-30(45)48-3/h4-16,28-29,31,44H,17-20,22H2,1-3H3,(H,42,47)(H,43,46)/t28?,29-,31-/m0/s1. The quantitative estimate of drug-likeness (QED) is 0.152. The Balaban J connectivity index is 1.50. The highest BCUT2D eigenvalue weighted by molar-refractivity contribution is 5.93. The first-order valence-electron chi connectivity index (χ1n) is 15.5. The number of amides is 2. The number of nitriles is 1. The number of halogens is 4. The molecule has 0 spiro atoms. The largest absolute Gasteiger partial charge is 0.468 e. The van der Waals surface area contributed by atoms with Gasteiger partial charge in [-0.15, -0.1) is 0 Å². The molecule has 3 N–H and O–H groups in total. The van der Waals surface area contributed by atoms with E-state index >= 15 is 0 Å². The summed E-state index contributed by atoms with van der Waals surface area (Å²) in [5.74, 6) is -1.75. The Morgan fingerprint density at radius 1 is 0.917 bits per heavy atom. The van der Waals surface area contributed by atoms with Gasteiger partial charge >= 0.3 is 12.1 Å². The van der Waals surface area contributed by atoms with Crippen molar-refractivity contribution >= 4 is 17.8 Å². The average molecular weight is 667 g/mol. The van der Waals surface area contributed by atoms with Gasteiger partial charge in [0.25, 0.3) is 0 Å². The van der Waals surface area contributed by atoms with E-state index in [0.717, 1.165) is 11.1 Å². The Morgan fingerprint density at radius 2 is 1.50 bits per heavy atom. The Labute approximate surface area is 276 Å². The fraction of sp³-hybridized carbons (Fsp3) is 0.389. The van der Waals surface area contributed by atoms with Crippen LogP contribution in [0.15, 0.2) is 78.9 Å². The molecule has 0 heterocycles. The highest BCUT2D eigenvalue weighted by Gasteiger charge is 2.51. The van der Waals surface area contributed by atoms with Crippen LogP contribution in [0.2, 0.25) is 0 Å². The molecule has 1 saturated carbocycles. The van der Waals surface area contributed by atoms with E-state index < -0.39 is 53.7 Å². The molecule has 0 radical (unpaired) electrons. The van der Waals surface area contributed by atoms with Crippen LogP contribution >= 0.6 is 0 Å². The SMILES string of the molecule is COC(=O)CNC(=O)C1(c2ccc(-c3ccc([C@H](N[C@@H](CC(C)(C)F)C(=O)NC(C#N)Cc4ccccc4)C(F)(F)F)cc3)cc2)CC1. The lowest BCUT2D eigenvalue weighted by Crippen LogP contribution is -2.53. The average Bonchev–Trinajstić information content (AvgIpc) is 3.87. The summed E-state index contributed by atoms with van der Waals surface area (Å²) in [5, 5.41) is 17.0. The van der Waals surface area contributed by atoms with Crippen molar-refractivity contribution in [2.75, 3.05) is 13.7 Å². The van der Waals surface area contributed by atoms with Gasteiger partial charge in [0, 0.05) is 12.8 Å². The number of ether oxygens (including phenoxy) is 1. The van der Waals surface area contributed by atoms with Gasteiger partial charge in [0.1, 0.15) is 24.3 Å². The molecule has 1 aliphatic rings. The van der Waals surface area contributed by atoms with Crippen molar-refractivity contribution in [2.45, 2.75) is 74.9 Å². The molecule has 0 saturated heterocycles. The number of nitrogens with zero attached hydrogens (tertiary/aromatic N) is 1. The summed E-state index contributed by atoms with van der Waals surface area (Å²) in [7, 11) is 1.23. The van der Waals surface area contributed by atoms with Gasteiger partial charge in [-0.2, -0.15) is 18.4 Å². The number of carbonyl (C=O) groups excluding carboxylic acids is 3. The molecule has 1 aliphatic carbocycles. The first kappa shape index (κ1) is 36.1. The minimum absolute atomic E-state index is 0.129. The minimum Gasteiger partial charge on any atom is -0.468 e. The van der Waals surface area contributed by atoms with Crippen LogP contribution in [-0.4, -0.2) is 55.4 Å². The molecule has 3 atom stereocenters. The molecule has 3 aromatic carbocycles. The predicted octanol–water partition coefficient (Wildman–Crippen LogP) is 5.63. The lowest BCUT2D eigenvalue weighted by Gasteiger charge is -2.30. The van der Waals surface area contributed by atoms with Crippen LogP contribution in [0.4, 0.5) is 17.6 Å². The number of nitrogens with one attached hydrogen (secondary N) is 3. The number of carbonyl (C=O) groups is 3. The second-order valence-corrected chi connectivity index (χ2v) is 12.5. The van der Waals surface area contributed by atoms with Gasteiger partial charge in [0.2, 0.25) is 11.8 Å². The molecular formula is C36H38F4N4O4. The van der Waals surface area contributed by atoms with E-state index in [1.54, 1.807) is 54.6 Å². The molecule has 1 unspecified atom stereocenters. The first-order valence-corrected chi connectivity index (χ1v) is 15.5. The van der Waals surface area contributed by atoms with Crippen LogP contribution in [0.25, 0.3) is 11.1 Å². The third-order valence-corrected chi connectivity index (χ3v) is 8.28. The van der Waals surface area contributed by atoms with Crippen LogP contribution in [0.1, 0.15) is 55.8 Å². The number of hydrogen-bond donors (Lipinski definition) is 3. The van der Waals surface area contributed by atoms with Gasteiger partial charge in [0.05, 0.1) is 24.6 Å². The summed E-state index contributed by atoms with van der Waals surface area (Å²) in [6.45, 7) is 2.10. The van der Waals surface area contributed by atoms with Gasteiger partial charge in [-0.3, -0.25) is 19.7 Å². The number of methoxy groups -OCH3 is 1. The highest BCUT2D eigenvalue weighted by Crippen LogP contribution is 2.48. The maximum Gasteiger partial charge on any atom is 0.407 e. The molecule has 48 heavy (non-hydrogen) atoms. The smallest absolute Gasteiger partial charge is 0.407 e. The van der Waals surface area contributed by atoms with Gasteiger partial charge in [-0.05, 0) is 54.5 Å². The Morgan fingerprint density at radius 3 is 2.00 bits per heavy atom. The molecule has 1 fully saturated rings. The van der Waals surface area contributed by atoms with Crippen molar-refractivity contribution in [3.63, 3.8) is 0 Å². The second kappa shape index (κ2) is 15.0. The van der Waals surface area contributed by atoms with E-state index in [4.69, 9.17) is 0 Å². The number of hydrogen-bond acceptors (Lipinski definition) is 6. The fourth-order valence-electron chi connectivity index (χ4n) is 5.56. The first-order chi connectivity index (χ1) is 22.6. The molecular weight excluding hydrogens is 628 g/mol. The van der Waals surface area contributed by atoms with Crippen molar-refractivity contribution in [3.05, 3.63) is 95.6 Å². The number of benzene rings is 3. The van der Waals surface area contributed by atoms with Crippen molar-refractivity contribution in [1.29, 1.82) is 5.26 Å². The summed E-state index contributed by atoms with van der Waals surface area (Å²) in [4.78, 5) is 37.4. The maximum absolute atomic E-state index is 14.8. The summed E-state index contributed by atoms with van der Waals surface area (Å²) >= 11 is 0. The van der Waals surface area contributed by atoms with E-state index in [9.17, 15) is 37.2 Å². The van der Waals surface area contributed by atoms with Crippen molar-refractivity contribution in [3.8, 4) is 17.2 Å². The second-order valence-electron chi connectivity index (χ2n) is 12.5. The van der Waals surface area contributed by atoms with Crippen LogP contribution in [0, 0.1) is 11.3 Å². The lowest BCUT2D eigenvalue weighted by molar-refractivity contribution is -0.161. The van der Waals surface area contributed by atoms with Gasteiger partial charge in [-0.25, -0.2) is 4.39 Å². The van der Waals surface area contributed by atoms with Crippen molar-refractivity contribution in [1.82, 2.24) is 16.0 Å². The predicted molar refractivity (Wildman–Crippen MR) is 171 cm³/mol. The Hall–Kier alpha value is -4.76. The highest BCUT2D eigenvalue weighted by atomic mass is 19.4. The summed E-state index contributed by atoms with van der Waals surface area (Å²) in [6.07, 6.45) is -4.05. The third kappa shape index (κ3) is 9.41. The summed E-state index contributed by atoms with van der Waals surface area (Å²) < 4.78 is 62.7. The van der Waals surface area contributed by atoms with Crippen LogP contribution in [0.5, 0.6) is 0 Å². The zero-order chi connectivity index (χ0) is 35.1. The van der Waals surface area contributed by atoms with Gasteiger partial charge in [0.15, 0.2) is 0 Å². The fourth-order valence-corrected chi connectivity index (χ4v) is 5.56. The molecule has 2 amide bonds. The molecule has 0 aliphatic heterocycles. The molecule has 12 heteroatoms. The zero-order valence-electron chi connectivity index (χ0n) is 26.9. The van der Waals surface area contributed by atoms with E-state index in [0.29, 0.717) is 24.0 Å². The summed E-state index contributed by atoms with van der Waals surface area (Å²) in [6, 6.07) is 18.5. The zero-order valence-corrected chi connectivity index (χ0v) is 26.9. The summed E-state index contributed by atoms with van der Waals surface area (Å²) in [5.41, 5.74) is -0.104. The van der Waals surface area contributed by atoms with Crippen molar-refractivity contribution < 1.29 is 36.7 Å². The van der Waals surface area contributed by atoms with Crippen molar-refractivity contribution in [2.24, 2.45) is 0 Å². The monoisotopic (exact) mass is 666 g/mol. The van der Waals surface area contributed by atoms with Crippen LogP contribution < -0.4 is 16.0 Å². The maximum atomic E-state index is 14.8. The normalized spacial score (nSPS) is 15.7. The topological polar surface area (TPSA) is 120 Å². The number of esters is 1. The number of rotatable bonds is 14. The minimum atomic E-state index is -4.84. The molecule has 0 bridgehead atoms. The molecule has 4 rings (SSSR count). The van der Waals surface area contributed by atoms with E-state index in [1.807, 2.05) is 6.07 Å². The Kier molecular flexibility index (Phi) is 11.3. The molecule has 3 aromatic rings. The van der Waals surface area contributed by atoms with Gasteiger partial charge < -0.3 is 15.4 Å². The van der Waals surface area contributed by atoms with E-state index in [2.05, 4.69) is 20.7 Å². The molecule has 0 aromatic heterocycles. The lowest BCUT2D eigenvalue weighted by atomic mass is 9.92. The van der Waals surface area contributed by atoms with Crippen LogP contribution in [-0.2, 0) is 31.0 Å². The van der Waals surface area contributed by atoms with E-state index in [-0.39, 0.29) is 24.4 Å². The molecule has 8 nitrogen and oxygen atoms in total. The Bertz CT molecular complexity index is 1610. The number of alkyl halides is 4. The van der Waals surface area contributed by atoms with E-state index in [1.165, 1.54) is 45.2 Å². The van der Waals surface area contributed by atoms with Gasteiger partial charge in [-0.1, -0.05) is 78.9 Å². The van der Waals surface area contributed by atoms with Crippen LogP contribution in [0.3, 0.4) is 0 Å². The molecule has 254 valence electrons.